The summed E-state index contributed by atoms with van der Waals surface area (Å²) in [4.78, 5) is 27.6. The molecule has 0 radical (unpaired) electrons. The van der Waals surface area contributed by atoms with Gasteiger partial charge in [-0.15, -0.1) is 0 Å². The van der Waals surface area contributed by atoms with E-state index in [1.165, 1.54) is 18.1 Å². The molecule has 0 unspecified atom stereocenters. The highest BCUT2D eigenvalue weighted by Gasteiger charge is 2.48. The fourth-order valence-corrected chi connectivity index (χ4v) is 4.24. The van der Waals surface area contributed by atoms with Gasteiger partial charge in [0.2, 0.25) is 0 Å². The molecule has 1 aromatic heterocycles. The van der Waals surface area contributed by atoms with Gasteiger partial charge in [0.15, 0.2) is 5.82 Å². The number of carbonyl (C=O) groups is 2. The lowest BCUT2D eigenvalue weighted by Gasteiger charge is -2.24. The quantitative estimate of drug-likeness (QED) is 0.298. The minimum Gasteiger partial charge on any atom is -0.507 e. The van der Waals surface area contributed by atoms with Crippen molar-refractivity contribution in [3.05, 3.63) is 81.6 Å². The van der Waals surface area contributed by atoms with Crippen LogP contribution in [0.2, 0.25) is 5.02 Å². The van der Waals surface area contributed by atoms with E-state index >= 15 is 0 Å². The maximum Gasteiger partial charge on any atom is 0.301 e. The number of aliphatic hydroxyl groups is 1. The largest absolute Gasteiger partial charge is 0.507 e. The summed E-state index contributed by atoms with van der Waals surface area (Å²) in [6.07, 6.45) is 0. The van der Waals surface area contributed by atoms with Gasteiger partial charge < -0.3 is 14.4 Å². The van der Waals surface area contributed by atoms with Gasteiger partial charge in [-0.1, -0.05) is 61.8 Å². The van der Waals surface area contributed by atoms with Crippen molar-refractivity contribution in [3.63, 3.8) is 0 Å². The number of rotatable bonds is 4. The Labute approximate surface area is 202 Å². The zero-order valence-corrected chi connectivity index (χ0v) is 20.3. The van der Waals surface area contributed by atoms with Crippen LogP contribution >= 0.6 is 11.6 Å². The number of carbonyl (C=O) groups excluding carboxylic acids is 2. The minimum absolute atomic E-state index is 0.0598. The van der Waals surface area contributed by atoms with E-state index in [2.05, 4.69) is 25.9 Å². The van der Waals surface area contributed by atoms with Crippen LogP contribution < -0.4 is 9.64 Å². The van der Waals surface area contributed by atoms with Crippen LogP contribution in [0.1, 0.15) is 49.3 Å². The van der Waals surface area contributed by atoms with E-state index in [0.29, 0.717) is 17.1 Å². The van der Waals surface area contributed by atoms with Gasteiger partial charge in [-0.3, -0.25) is 14.5 Å². The van der Waals surface area contributed by atoms with Crippen LogP contribution in [-0.2, 0) is 15.0 Å². The van der Waals surface area contributed by atoms with Gasteiger partial charge in [0, 0.05) is 11.6 Å². The summed E-state index contributed by atoms with van der Waals surface area (Å²) < 4.78 is 10.3. The monoisotopic (exact) mass is 480 g/mol. The van der Waals surface area contributed by atoms with Crippen molar-refractivity contribution >= 4 is 34.9 Å². The number of nitrogens with zero attached hydrogens (tertiary/aromatic N) is 2. The summed E-state index contributed by atoms with van der Waals surface area (Å²) in [5.74, 6) is -0.868. The van der Waals surface area contributed by atoms with Gasteiger partial charge in [-0.25, -0.2) is 0 Å². The second-order valence-corrected chi connectivity index (χ2v) is 9.59. The molecule has 0 saturated carbocycles. The topological polar surface area (TPSA) is 92.9 Å². The number of methoxy groups -OCH3 is 1. The Morgan fingerprint density at radius 3 is 2.32 bits per heavy atom. The van der Waals surface area contributed by atoms with Crippen molar-refractivity contribution in [2.45, 2.75) is 39.2 Å². The number of hydrogen-bond donors (Lipinski definition) is 1. The minimum atomic E-state index is -0.903. The standard InChI is InChI=1S/C26H25ClN2O5/c1-14-12-20(28-34-14)29-22(15-6-9-17(10-7-15)26(2,3)4)21(24(31)25(29)32)23(30)16-8-11-19(33-5)18(27)13-16/h6-13,22,30H,1-5H3/b23-21+/t22-/m1/s1. The van der Waals surface area contributed by atoms with E-state index in [9.17, 15) is 14.7 Å². The number of aromatic nitrogens is 1. The first kappa shape index (κ1) is 23.6. The highest BCUT2D eigenvalue weighted by Crippen LogP contribution is 2.43. The Balaban J connectivity index is 1.91. The number of Topliss-reactive ketones (excluding diaryl/α,β-unsaturated/α-hetero) is 1. The molecule has 34 heavy (non-hydrogen) atoms. The lowest BCUT2D eigenvalue weighted by molar-refractivity contribution is -0.132. The molecule has 0 aliphatic carbocycles. The number of ether oxygens (including phenoxy) is 1. The van der Waals surface area contributed by atoms with Crippen molar-refractivity contribution in [3.8, 4) is 5.75 Å². The Kier molecular flexibility index (Phi) is 6.00. The Morgan fingerprint density at radius 1 is 1.12 bits per heavy atom. The van der Waals surface area contributed by atoms with Crippen LogP contribution in [0.3, 0.4) is 0 Å². The number of amides is 1. The van der Waals surface area contributed by atoms with E-state index < -0.39 is 17.7 Å². The number of aryl methyl sites for hydroxylation is 1. The van der Waals surface area contributed by atoms with Crippen molar-refractivity contribution in [2.24, 2.45) is 0 Å². The molecule has 2 aromatic carbocycles. The van der Waals surface area contributed by atoms with Gasteiger partial charge >= 0.3 is 5.91 Å². The maximum absolute atomic E-state index is 13.2. The zero-order chi connectivity index (χ0) is 24.8. The van der Waals surface area contributed by atoms with Crippen molar-refractivity contribution in [2.75, 3.05) is 12.0 Å². The predicted octanol–water partition coefficient (Wildman–Crippen LogP) is 5.57. The molecule has 8 heteroatoms. The summed E-state index contributed by atoms with van der Waals surface area (Å²) in [6.45, 7) is 7.98. The van der Waals surface area contributed by atoms with E-state index in [4.69, 9.17) is 20.9 Å². The molecule has 7 nitrogen and oxygen atoms in total. The lowest BCUT2D eigenvalue weighted by Crippen LogP contribution is -2.29. The highest BCUT2D eigenvalue weighted by molar-refractivity contribution is 6.51. The van der Waals surface area contributed by atoms with Crippen LogP contribution in [0.25, 0.3) is 5.76 Å². The van der Waals surface area contributed by atoms with E-state index in [0.717, 1.165) is 5.56 Å². The zero-order valence-electron chi connectivity index (χ0n) is 19.5. The summed E-state index contributed by atoms with van der Waals surface area (Å²) in [6, 6.07) is 12.9. The number of hydrogen-bond acceptors (Lipinski definition) is 6. The van der Waals surface area contributed by atoms with Gasteiger partial charge in [0.25, 0.3) is 5.78 Å². The normalized spacial score (nSPS) is 17.9. The molecule has 1 aliphatic heterocycles. The third-order valence-electron chi connectivity index (χ3n) is 5.82. The molecule has 1 atom stereocenters. The lowest BCUT2D eigenvalue weighted by atomic mass is 9.85. The Hall–Kier alpha value is -3.58. The van der Waals surface area contributed by atoms with Crippen LogP contribution in [0.5, 0.6) is 5.75 Å². The third kappa shape index (κ3) is 4.07. The molecular formula is C26H25ClN2O5. The molecule has 4 rings (SSSR count). The molecule has 2 heterocycles. The number of halogens is 1. The van der Waals surface area contributed by atoms with Gasteiger partial charge in [0.05, 0.1) is 23.7 Å². The molecular weight excluding hydrogens is 456 g/mol. The molecule has 1 amide bonds. The van der Waals surface area contributed by atoms with Crippen molar-refractivity contribution in [1.82, 2.24) is 5.16 Å². The van der Waals surface area contributed by atoms with Gasteiger partial charge in [0.1, 0.15) is 17.3 Å². The SMILES string of the molecule is COc1ccc(/C(O)=C2\C(=O)C(=O)N(c3cc(C)on3)[C@@H]2c2ccc(C(C)(C)C)cc2)cc1Cl. The average molecular weight is 481 g/mol. The third-order valence-corrected chi connectivity index (χ3v) is 6.12. The van der Waals surface area contributed by atoms with Crippen LogP contribution in [0.4, 0.5) is 5.82 Å². The van der Waals surface area contributed by atoms with Crippen molar-refractivity contribution in [1.29, 1.82) is 0 Å². The average Bonchev–Trinajstić information content (AvgIpc) is 3.33. The first-order valence-corrected chi connectivity index (χ1v) is 11.1. The fraction of sp³-hybridized carbons (Fsp3) is 0.269. The number of ketones is 1. The molecule has 1 N–H and O–H groups in total. The molecule has 176 valence electrons. The number of aliphatic hydroxyl groups excluding tert-OH is 1. The van der Waals surface area contributed by atoms with E-state index in [1.807, 2.05) is 24.3 Å². The second kappa shape index (κ2) is 8.65. The molecule has 1 fully saturated rings. The summed E-state index contributed by atoms with van der Waals surface area (Å²) in [5.41, 5.74) is 1.89. The summed E-state index contributed by atoms with van der Waals surface area (Å²) in [5, 5.41) is 15.4. The molecule has 0 bridgehead atoms. The first-order chi connectivity index (χ1) is 16.0. The fourth-order valence-electron chi connectivity index (χ4n) is 3.99. The number of benzene rings is 2. The Bertz CT molecular complexity index is 1300. The van der Waals surface area contributed by atoms with Gasteiger partial charge in [-0.2, -0.15) is 0 Å². The molecule has 0 spiro atoms. The number of anilines is 1. The molecule has 1 aliphatic rings. The Morgan fingerprint density at radius 2 is 1.79 bits per heavy atom. The second-order valence-electron chi connectivity index (χ2n) is 9.19. The van der Waals surface area contributed by atoms with Crippen LogP contribution in [0.15, 0.2) is 58.6 Å². The maximum atomic E-state index is 13.2. The van der Waals surface area contributed by atoms with Crippen LogP contribution in [0, 0.1) is 6.92 Å². The van der Waals surface area contributed by atoms with Crippen molar-refractivity contribution < 1.29 is 24.0 Å². The van der Waals surface area contributed by atoms with Gasteiger partial charge in [-0.05, 0) is 41.7 Å². The highest BCUT2D eigenvalue weighted by atomic mass is 35.5. The van der Waals surface area contributed by atoms with Crippen LogP contribution in [-0.4, -0.2) is 29.1 Å². The van der Waals surface area contributed by atoms with E-state index in [-0.39, 0.29) is 33.2 Å². The smallest absolute Gasteiger partial charge is 0.301 e. The predicted molar refractivity (Wildman–Crippen MR) is 129 cm³/mol. The summed E-state index contributed by atoms with van der Waals surface area (Å²) in [7, 11) is 1.48. The summed E-state index contributed by atoms with van der Waals surface area (Å²) >= 11 is 6.24. The van der Waals surface area contributed by atoms with E-state index in [1.54, 1.807) is 25.1 Å². The first-order valence-electron chi connectivity index (χ1n) is 10.7. The molecule has 1 saturated heterocycles. The molecule has 3 aromatic rings.